The standard InChI is InChI=1S/C18H24Cl2N2O3/c1-5-7-18(15(23)14-10-12(19)13(20)11-21-14)8-6-9-22(18)16(24)25-17(2,3)4/h10-11H,5-9H2,1-4H3. The molecule has 5 nitrogen and oxygen atoms in total. The van der Waals surface area contributed by atoms with Gasteiger partial charge >= 0.3 is 6.09 Å². The van der Waals surface area contributed by atoms with Crippen LogP contribution in [-0.2, 0) is 4.74 Å². The number of likely N-dealkylation sites (tertiary alicyclic amines) is 1. The topological polar surface area (TPSA) is 59.5 Å². The quantitative estimate of drug-likeness (QED) is 0.671. The minimum atomic E-state index is -0.943. The molecular formula is C18H24Cl2N2O3. The first-order valence-electron chi connectivity index (χ1n) is 8.47. The minimum Gasteiger partial charge on any atom is -0.444 e. The molecule has 2 heterocycles. The Kier molecular flexibility index (Phi) is 6.00. The van der Waals surface area contributed by atoms with Crippen molar-refractivity contribution in [2.45, 2.75) is 64.5 Å². The Morgan fingerprint density at radius 3 is 2.56 bits per heavy atom. The number of halogens is 2. The summed E-state index contributed by atoms with van der Waals surface area (Å²) in [6, 6.07) is 1.47. The monoisotopic (exact) mass is 386 g/mol. The Balaban J connectivity index is 2.40. The van der Waals surface area contributed by atoms with E-state index in [0.717, 1.165) is 12.8 Å². The molecule has 1 atom stereocenters. The number of ether oxygens (including phenoxy) is 1. The third-order valence-corrected chi connectivity index (χ3v) is 4.94. The zero-order chi connectivity index (χ0) is 18.8. The fourth-order valence-electron chi connectivity index (χ4n) is 3.26. The Labute approximate surface area is 158 Å². The molecule has 1 aromatic heterocycles. The molecule has 7 heteroatoms. The summed E-state index contributed by atoms with van der Waals surface area (Å²) in [7, 11) is 0. The van der Waals surface area contributed by atoms with Crippen LogP contribution in [0.15, 0.2) is 12.3 Å². The molecule has 0 aromatic carbocycles. The number of hydrogen-bond donors (Lipinski definition) is 0. The second-order valence-electron chi connectivity index (χ2n) is 7.33. The second-order valence-corrected chi connectivity index (χ2v) is 8.14. The fraction of sp³-hybridized carbons (Fsp3) is 0.611. The van der Waals surface area contributed by atoms with Gasteiger partial charge in [0.15, 0.2) is 0 Å². The molecule has 25 heavy (non-hydrogen) atoms. The molecule has 0 bridgehead atoms. The third-order valence-electron chi connectivity index (χ3n) is 4.23. The average molecular weight is 387 g/mol. The van der Waals surface area contributed by atoms with Crippen LogP contribution >= 0.6 is 23.2 Å². The predicted octanol–water partition coefficient (Wildman–Crippen LogP) is 5.14. The first-order chi connectivity index (χ1) is 11.6. The molecule has 1 unspecified atom stereocenters. The van der Waals surface area contributed by atoms with E-state index in [2.05, 4.69) is 4.98 Å². The van der Waals surface area contributed by atoms with Crippen LogP contribution in [0.1, 0.15) is 63.9 Å². The first-order valence-corrected chi connectivity index (χ1v) is 9.23. The third kappa shape index (κ3) is 4.26. The van der Waals surface area contributed by atoms with Crippen molar-refractivity contribution in [3.8, 4) is 0 Å². The summed E-state index contributed by atoms with van der Waals surface area (Å²) in [6.07, 6.45) is 3.53. The van der Waals surface area contributed by atoms with Gasteiger partial charge in [-0.25, -0.2) is 4.79 Å². The lowest BCUT2D eigenvalue weighted by Crippen LogP contribution is -2.54. The zero-order valence-electron chi connectivity index (χ0n) is 15.1. The van der Waals surface area contributed by atoms with Crippen molar-refractivity contribution in [3.05, 3.63) is 28.0 Å². The molecule has 0 N–H and O–H groups in total. The predicted molar refractivity (Wildman–Crippen MR) is 98.4 cm³/mol. The summed E-state index contributed by atoms with van der Waals surface area (Å²) in [5, 5.41) is 0.562. The molecule has 1 amide bonds. The summed E-state index contributed by atoms with van der Waals surface area (Å²) in [5.74, 6) is -0.212. The maximum absolute atomic E-state index is 13.3. The van der Waals surface area contributed by atoms with Gasteiger partial charge in [0.25, 0.3) is 0 Å². The summed E-state index contributed by atoms with van der Waals surface area (Å²) < 4.78 is 5.52. The van der Waals surface area contributed by atoms with E-state index in [1.807, 2.05) is 27.7 Å². The van der Waals surface area contributed by atoms with Gasteiger partial charge in [-0.2, -0.15) is 0 Å². The van der Waals surface area contributed by atoms with Crippen molar-refractivity contribution in [2.24, 2.45) is 0 Å². The molecule has 2 rings (SSSR count). The van der Waals surface area contributed by atoms with Crippen LogP contribution < -0.4 is 0 Å². The number of carbonyl (C=O) groups is 2. The number of nitrogens with zero attached hydrogens (tertiary/aromatic N) is 2. The average Bonchev–Trinajstić information content (AvgIpc) is 2.93. The first kappa shape index (κ1) is 20.0. The lowest BCUT2D eigenvalue weighted by atomic mass is 9.84. The number of amides is 1. The smallest absolute Gasteiger partial charge is 0.411 e. The van der Waals surface area contributed by atoms with E-state index in [4.69, 9.17) is 27.9 Å². The van der Waals surface area contributed by atoms with E-state index in [1.165, 1.54) is 12.3 Å². The van der Waals surface area contributed by atoms with E-state index in [-0.39, 0.29) is 21.5 Å². The number of carbonyl (C=O) groups excluding carboxylic acids is 2. The molecule has 0 spiro atoms. The van der Waals surface area contributed by atoms with Gasteiger partial charge in [-0.3, -0.25) is 14.7 Å². The summed E-state index contributed by atoms with van der Waals surface area (Å²) in [5.41, 5.74) is -1.35. The van der Waals surface area contributed by atoms with E-state index >= 15 is 0 Å². The van der Waals surface area contributed by atoms with Crippen LogP contribution in [0.2, 0.25) is 10.0 Å². The van der Waals surface area contributed by atoms with Gasteiger partial charge in [0.1, 0.15) is 16.8 Å². The van der Waals surface area contributed by atoms with Gasteiger partial charge in [0.05, 0.1) is 10.0 Å². The van der Waals surface area contributed by atoms with Gasteiger partial charge < -0.3 is 4.74 Å². The van der Waals surface area contributed by atoms with Crippen LogP contribution in [0.5, 0.6) is 0 Å². The van der Waals surface area contributed by atoms with Crippen molar-refractivity contribution < 1.29 is 14.3 Å². The normalized spacial score (nSPS) is 20.6. The molecule has 1 aromatic rings. The Hall–Kier alpha value is -1.33. The van der Waals surface area contributed by atoms with Crippen molar-refractivity contribution >= 4 is 35.1 Å². The lowest BCUT2D eigenvalue weighted by Gasteiger charge is -2.37. The number of ketones is 1. The molecule has 1 aliphatic rings. The lowest BCUT2D eigenvalue weighted by molar-refractivity contribution is 0.00721. The van der Waals surface area contributed by atoms with Crippen LogP contribution in [0.4, 0.5) is 4.79 Å². The second kappa shape index (κ2) is 7.50. The van der Waals surface area contributed by atoms with E-state index in [1.54, 1.807) is 4.90 Å². The van der Waals surface area contributed by atoms with Crippen LogP contribution in [-0.4, -0.2) is 39.4 Å². The zero-order valence-corrected chi connectivity index (χ0v) is 16.6. The number of Topliss-reactive ketones (excluding diaryl/α,β-unsaturated/α-hetero) is 1. The highest BCUT2D eigenvalue weighted by atomic mass is 35.5. The largest absolute Gasteiger partial charge is 0.444 e. The maximum atomic E-state index is 13.3. The Morgan fingerprint density at radius 1 is 1.32 bits per heavy atom. The van der Waals surface area contributed by atoms with Crippen molar-refractivity contribution in [2.75, 3.05) is 6.54 Å². The van der Waals surface area contributed by atoms with Gasteiger partial charge in [-0.15, -0.1) is 0 Å². The van der Waals surface area contributed by atoms with Crippen molar-refractivity contribution in [3.63, 3.8) is 0 Å². The highest BCUT2D eigenvalue weighted by Crippen LogP contribution is 2.38. The maximum Gasteiger partial charge on any atom is 0.411 e. The Bertz CT molecular complexity index is 673. The molecule has 1 aliphatic heterocycles. The number of aromatic nitrogens is 1. The number of hydrogen-bond acceptors (Lipinski definition) is 4. The van der Waals surface area contributed by atoms with Crippen LogP contribution in [0.25, 0.3) is 0 Å². The van der Waals surface area contributed by atoms with Gasteiger partial charge in [-0.05, 0) is 46.1 Å². The fourth-order valence-corrected chi connectivity index (χ4v) is 3.52. The molecular weight excluding hydrogens is 363 g/mol. The summed E-state index contributed by atoms with van der Waals surface area (Å²) in [4.78, 5) is 31.7. The van der Waals surface area contributed by atoms with Crippen molar-refractivity contribution in [1.29, 1.82) is 0 Å². The van der Waals surface area contributed by atoms with Gasteiger partial charge in [0, 0.05) is 12.7 Å². The summed E-state index contributed by atoms with van der Waals surface area (Å²) >= 11 is 11.9. The Morgan fingerprint density at radius 2 is 2.00 bits per heavy atom. The SMILES string of the molecule is CCCC1(C(=O)c2cc(Cl)c(Cl)cn2)CCCN1C(=O)OC(C)(C)C. The van der Waals surface area contributed by atoms with E-state index in [9.17, 15) is 9.59 Å². The molecule has 1 saturated heterocycles. The number of pyridine rings is 1. The molecule has 138 valence electrons. The highest BCUT2D eigenvalue weighted by molar-refractivity contribution is 6.42. The number of rotatable bonds is 4. The molecule has 1 fully saturated rings. The van der Waals surface area contributed by atoms with Crippen LogP contribution in [0, 0.1) is 0 Å². The van der Waals surface area contributed by atoms with Crippen LogP contribution in [0.3, 0.4) is 0 Å². The van der Waals surface area contributed by atoms with E-state index < -0.39 is 17.2 Å². The van der Waals surface area contributed by atoms with Gasteiger partial charge in [0.2, 0.25) is 5.78 Å². The minimum absolute atomic E-state index is 0.212. The van der Waals surface area contributed by atoms with Crippen molar-refractivity contribution in [1.82, 2.24) is 9.88 Å². The highest BCUT2D eigenvalue weighted by Gasteiger charge is 2.50. The molecule has 0 radical (unpaired) electrons. The summed E-state index contributed by atoms with van der Waals surface area (Å²) in [6.45, 7) is 7.91. The molecule has 0 aliphatic carbocycles. The van der Waals surface area contributed by atoms with E-state index in [0.29, 0.717) is 19.4 Å². The van der Waals surface area contributed by atoms with Gasteiger partial charge in [-0.1, -0.05) is 36.5 Å². The molecule has 0 saturated carbocycles.